The summed E-state index contributed by atoms with van der Waals surface area (Å²) in [6.07, 6.45) is 6.04. The van der Waals surface area contributed by atoms with Gasteiger partial charge in [-0.1, -0.05) is 43.0 Å². The van der Waals surface area contributed by atoms with Crippen LogP contribution in [0.3, 0.4) is 0 Å². The molecule has 8 heteroatoms. The summed E-state index contributed by atoms with van der Waals surface area (Å²) < 4.78 is 5.45. The lowest BCUT2D eigenvalue weighted by Crippen LogP contribution is -2.43. The summed E-state index contributed by atoms with van der Waals surface area (Å²) in [7, 11) is 0. The predicted molar refractivity (Wildman–Crippen MR) is 130 cm³/mol. The SMILES string of the molecule is Cc1cc(N2CCOCC2)nc(NC(=S)NCC2(c3ccc(Cl)cc3)CCCCC2)n1. The minimum atomic E-state index is 0.0704. The average molecular weight is 460 g/mol. The number of anilines is 2. The van der Waals surface area contributed by atoms with Crippen LogP contribution < -0.4 is 15.5 Å². The number of nitrogens with one attached hydrogen (secondary N) is 2. The van der Waals surface area contributed by atoms with Gasteiger partial charge in [0, 0.05) is 41.8 Å². The molecular formula is C23H30ClN5OS. The molecule has 1 aliphatic heterocycles. The molecule has 1 aromatic heterocycles. The van der Waals surface area contributed by atoms with Crippen molar-refractivity contribution < 1.29 is 4.74 Å². The number of ether oxygens (including phenoxy) is 1. The molecule has 1 aromatic carbocycles. The number of benzene rings is 1. The number of aryl methyl sites for hydroxylation is 1. The summed E-state index contributed by atoms with van der Waals surface area (Å²) in [5, 5.41) is 7.97. The van der Waals surface area contributed by atoms with E-state index < -0.39 is 0 Å². The Kier molecular flexibility index (Phi) is 7.25. The lowest BCUT2D eigenvalue weighted by Gasteiger charge is -2.38. The Morgan fingerprint density at radius 1 is 1.13 bits per heavy atom. The molecule has 2 fully saturated rings. The highest BCUT2D eigenvalue weighted by Crippen LogP contribution is 2.39. The summed E-state index contributed by atoms with van der Waals surface area (Å²) in [6, 6.07) is 10.3. The Morgan fingerprint density at radius 2 is 1.84 bits per heavy atom. The van der Waals surface area contributed by atoms with E-state index in [2.05, 4.69) is 37.6 Å². The molecule has 31 heavy (non-hydrogen) atoms. The molecule has 1 saturated carbocycles. The van der Waals surface area contributed by atoms with Crippen LogP contribution in [0, 0.1) is 6.92 Å². The molecule has 2 aromatic rings. The molecule has 6 nitrogen and oxygen atoms in total. The monoisotopic (exact) mass is 459 g/mol. The Labute approximate surface area is 194 Å². The van der Waals surface area contributed by atoms with Crippen LogP contribution in [0.2, 0.25) is 5.02 Å². The summed E-state index contributed by atoms with van der Waals surface area (Å²) in [5.74, 6) is 1.44. The van der Waals surface area contributed by atoms with Gasteiger partial charge in [-0.05, 0) is 49.7 Å². The van der Waals surface area contributed by atoms with Gasteiger partial charge in [0.25, 0.3) is 0 Å². The average Bonchev–Trinajstić information content (AvgIpc) is 2.79. The molecule has 0 bridgehead atoms. The Morgan fingerprint density at radius 3 is 2.55 bits per heavy atom. The van der Waals surface area contributed by atoms with Crippen LogP contribution in [0.1, 0.15) is 43.4 Å². The van der Waals surface area contributed by atoms with E-state index in [1.165, 1.54) is 24.8 Å². The van der Waals surface area contributed by atoms with Crippen LogP contribution in [-0.2, 0) is 10.2 Å². The van der Waals surface area contributed by atoms with Gasteiger partial charge in [0.05, 0.1) is 13.2 Å². The number of morpholine rings is 1. The molecule has 0 atom stereocenters. The Balaban J connectivity index is 1.43. The molecule has 2 heterocycles. The smallest absolute Gasteiger partial charge is 0.231 e. The maximum absolute atomic E-state index is 6.12. The summed E-state index contributed by atoms with van der Waals surface area (Å²) in [5.41, 5.74) is 2.31. The normalized spacial score (nSPS) is 18.5. The molecule has 2 aliphatic rings. The molecule has 0 unspecified atom stereocenters. The first kappa shape index (κ1) is 22.2. The number of thiocarbonyl (C=S) groups is 1. The quantitative estimate of drug-likeness (QED) is 0.640. The van der Waals surface area contributed by atoms with Gasteiger partial charge in [-0.15, -0.1) is 0 Å². The number of aromatic nitrogens is 2. The summed E-state index contributed by atoms with van der Waals surface area (Å²) in [4.78, 5) is 11.4. The van der Waals surface area contributed by atoms with Gasteiger partial charge < -0.3 is 20.3 Å². The van der Waals surface area contributed by atoms with E-state index in [1.54, 1.807) is 0 Å². The van der Waals surface area contributed by atoms with Crippen molar-refractivity contribution in [3.8, 4) is 0 Å². The maximum atomic E-state index is 6.12. The molecule has 2 N–H and O–H groups in total. The Hall–Kier alpha value is -1.96. The molecule has 0 amide bonds. The Bertz CT molecular complexity index is 895. The third kappa shape index (κ3) is 5.64. The van der Waals surface area contributed by atoms with E-state index in [9.17, 15) is 0 Å². The molecule has 166 valence electrons. The standard InChI is InChI=1S/C23H30ClN5OS/c1-17-15-20(29-11-13-30-14-12-29)27-21(26-17)28-22(31)25-16-23(9-3-2-4-10-23)18-5-7-19(24)8-6-18/h5-8,15H,2-4,9-14,16H2,1H3,(H2,25,26,27,28,31). The van der Waals surface area contributed by atoms with Crippen LogP contribution in [0.15, 0.2) is 30.3 Å². The van der Waals surface area contributed by atoms with Gasteiger partial charge >= 0.3 is 0 Å². The number of halogens is 1. The molecule has 4 rings (SSSR count). The van der Waals surface area contributed by atoms with Crippen molar-refractivity contribution in [3.05, 3.63) is 46.6 Å². The van der Waals surface area contributed by atoms with Crippen LogP contribution in [0.25, 0.3) is 0 Å². The zero-order valence-electron chi connectivity index (χ0n) is 18.0. The van der Waals surface area contributed by atoms with E-state index in [-0.39, 0.29) is 5.41 Å². The van der Waals surface area contributed by atoms with Gasteiger partial charge in [0.1, 0.15) is 5.82 Å². The summed E-state index contributed by atoms with van der Waals surface area (Å²) in [6.45, 7) is 5.87. The lowest BCUT2D eigenvalue weighted by atomic mass is 9.69. The second kappa shape index (κ2) is 10.1. The molecular weight excluding hydrogens is 430 g/mol. The van der Waals surface area contributed by atoms with E-state index >= 15 is 0 Å². The zero-order valence-corrected chi connectivity index (χ0v) is 19.6. The summed E-state index contributed by atoms with van der Waals surface area (Å²) >= 11 is 11.7. The fourth-order valence-corrected chi connectivity index (χ4v) is 4.85. The van der Waals surface area contributed by atoms with Crippen molar-refractivity contribution in [2.75, 3.05) is 43.1 Å². The number of hydrogen-bond acceptors (Lipinski definition) is 5. The third-order valence-corrected chi connectivity index (χ3v) is 6.75. The van der Waals surface area contributed by atoms with Crippen molar-refractivity contribution in [2.24, 2.45) is 0 Å². The van der Waals surface area contributed by atoms with E-state index in [4.69, 9.17) is 28.6 Å². The van der Waals surface area contributed by atoms with Crippen molar-refractivity contribution in [1.82, 2.24) is 15.3 Å². The van der Waals surface area contributed by atoms with Crippen molar-refractivity contribution in [2.45, 2.75) is 44.4 Å². The number of rotatable bonds is 5. The van der Waals surface area contributed by atoms with E-state index in [0.29, 0.717) is 11.1 Å². The van der Waals surface area contributed by atoms with Crippen LogP contribution in [-0.4, -0.2) is 47.9 Å². The minimum absolute atomic E-state index is 0.0704. The van der Waals surface area contributed by atoms with Crippen LogP contribution in [0.5, 0.6) is 0 Å². The molecule has 0 spiro atoms. The molecule has 0 radical (unpaired) electrons. The van der Waals surface area contributed by atoms with Gasteiger partial charge in [-0.25, -0.2) is 4.98 Å². The van der Waals surface area contributed by atoms with E-state index in [0.717, 1.165) is 62.2 Å². The first-order chi connectivity index (χ1) is 15.0. The van der Waals surface area contributed by atoms with Crippen molar-refractivity contribution >= 4 is 40.7 Å². The highest BCUT2D eigenvalue weighted by atomic mass is 35.5. The van der Waals surface area contributed by atoms with Gasteiger partial charge in [-0.3, -0.25) is 0 Å². The molecule has 1 saturated heterocycles. The second-order valence-electron chi connectivity index (χ2n) is 8.45. The fourth-order valence-electron chi connectivity index (χ4n) is 4.56. The lowest BCUT2D eigenvalue weighted by molar-refractivity contribution is 0.122. The van der Waals surface area contributed by atoms with Crippen molar-refractivity contribution in [3.63, 3.8) is 0 Å². The van der Waals surface area contributed by atoms with Crippen molar-refractivity contribution in [1.29, 1.82) is 0 Å². The minimum Gasteiger partial charge on any atom is -0.378 e. The zero-order chi connectivity index (χ0) is 21.7. The maximum Gasteiger partial charge on any atom is 0.231 e. The molecule has 1 aliphatic carbocycles. The topological polar surface area (TPSA) is 62.3 Å². The number of nitrogens with zero attached hydrogens (tertiary/aromatic N) is 3. The highest BCUT2D eigenvalue weighted by Gasteiger charge is 2.34. The first-order valence-electron chi connectivity index (χ1n) is 11.0. The predicted octanol–water partition coefficient (Wildman–Crippen LogP) is 4.46. The van der Waals surface area contributed by atoms with Crippen LogP contribution in [0.4, 0.5) is 11.8 Å². The van der Waals surface area contributed by atoms with Gasteiger partial charge in [0.2, 0.25) is 5.95 Å². The number of hydrogen-bond donors (Lipinski definition) is 2. The third-order valence-electron chi connectivity index (χ3n) is 6.26. The largest absolute Gasteiger partial charge is 0.378 e. The fraction of sp³-hybridized carbons (Fsp3) is 0.522. The van der Waals surface area contributed by atoms with Gasteiger partial charge in [0.15, 0.2) is 5.11 Å². The van der Waals surface area contributed by atoms with E-state index in [1.807, 2.05) is 25.1 Å². The second-order valence-corrected chi connectivity index (χ2v) is 9.29. The first-order valence-corrected chi connectivity index (χ1v) is 11.8. The van der Waals surface area contributed by atoms with Gasteiger partial charge in [-0.2, -0.15) is 4.98 Å². The van der Waals surface area contributed by atoms with Crippen LogP contribution >= 0.6 is 23.8 Å². The highest BCUT2D eigenvalue weighted by molar-refractivity contribution is 7.80.